The van der Waals surface area contributed by atoms with Crippen molar-refractivity contribution < 1.29 is 4.39 Å². The van der Waals surface area contributed by atoms with Crippen LogP contribution in [0.3, 0.4) is 0 Å². The molecule has 1 aromatic heterocycles. The highest BCUT2D eigenvalue weighted by atomic mass is 32.1. The summed E-state index contributed by atoms with van der Waals surface area (Å²) in [5.41, 5.74) is 2.04. The van der Waals surface area contributed by atoms with Crippen LogP contribution in [0.2, 0.25) is 0 Å². The maximum Gasteiger partial charge on any atom is 0.123 e. The summed E-state index contributed by atoms with van der Waals surface area (Å²) in [5, 5.41) is 6.54. The molecule has 0 radical (unpaired) electrons. The summed E-state index contributed by atoms with van der Waals surface area (Å²) in [7, 11) is 0. The van der Waals surface area contributed by atoms with Crippen molar-refractivity contribution in [3.63, 3.8) is 0 Å². The van der Waals surface area contributed by atoms with Gasteiger partial charge in [0.25, 0.3) is 0 Å². The van der Waals surface area contributed by atoms with Crippen LogP contribution in [0.25, 0.3) is 0 Å². The highest BCUT2D eigenvalue weighted by Crippen LogP contribution is 2.19. The van der Waals surface area contributed by atoms with Gasteiger partial charge in [0.15, 0.2) is 0 Å². The zero-order valence-electron chi connectivity index (χ0n) is 11.3. The third-order valence-electron chi connectivity index (χ3n) is 2.96. The largest absolute Gasteiger partial charge is 0.309 e. The Morgan fingerprint density at radius 1 is 1.42 bits per heavy atom. The molecule has 1 aromatic carbocycles. The SMILES string of the molecule is CCCNC(C)c1csc(Cc2cccc(F)c2)n1. The lowest BCUT2D eigenvalue weighted by Crippen LogP contribution is -2.19. The Kier molecular flexibility index (Phi) is 5.05. The number of aromatic nitrogens is 1. The molecule has 0 saturated heterocycles. The lowest BCUT2D eigenvalue weighted by atomic mass is 10.1. The Labute approximate surface area is 117 Å². The molecule has 0 spiro atoms. The Hall–Kier alpha value is -1.26. The fourth-order valence-electron chi connectivity index (χ4n) is 1.89. The van der Waals surface area contributed by atoms with E-state index in [4.69, 9.17) is 0 Å². The van der Waals surface area contributed by atoms with Crippen molar-refractivity contribution in [1.82, 2.24) is 10.3 Å². The first kappa shape index (κ1) is 14.2. The van der Waals surface area contributed by atoms with Gasteiger partial charge in [0.2, 0.25) is 0 Å². The van der Waals surface area contributed by atoms with E-state index in [9.17, 15) is 4.39 Å². The van der Waals surface area contributed by atoms with Gasteiger partial charge in [-0.05, 0) is 37.6 Å². The van der Waals surface area contributed by atoms with Gasteiger partial charge in [0.05, 0.1) is 10.7 Å². The number of hydrogen-bond donors (Lipinski definition) is 1. The molecule has 1 unspecified atom stereocenters. The maximum absolute atomic E-state index is 13.1. The molecule has 0 saturated carbocycles. The van der Waals surface area contributed by atoms with Crippen LogP contribution >= 0.6 is 11.3 Å². The number of thiazole rings is 1. The van der Waals surface area contributed by atoms with Crippen LogP contribution in [-0.4, -0.2) is 11.5 Å². The first-order valence-corrected chi connectivity index (χ1v) is 7.49. The molecular formula is C15H19FN2S. The maximum atomic E-state index is 13.1. The minimum atomic E-state index is -0.188. The highest BCUT2D eigenvalue weighted by molar-refractivity contribution is 7.09. The average molecular weight is 278 g/mol. The van der Waals surface area contributed by atoms with Gasteiger partial charge in [0, 0.05) is 17.8 Å². The summed E-state index contributed by atoms with van der Waals surface area (Å²) in [6, 6.07) is 6.98. The monoisotopic (exact) mass is 278 g/mol. The van der Waals surface area contributed by atoms with Gasteiger partial charge in [-0.2, -0.15) is 0 Å². The Morgan fingerprint density at radius 3 is 3.00 bits per heavy atom. The summed E-state index contributed by atoms with van der Waals surface area (Å²) in [4.78, 5) is 4.62. The van der Waals surface area contributed by atoms with E-state index in [-0.39, 0.29) is 11.9 Å². The highest BCUT2D eigenvalue weighted by Gasteiger charge is 2.09. The predicted octanol–water partition coefficient (Wildman–Crippen LogP) is 3.93. The third-order valence-corrected chi connectivity index (χ3v) is 3.83. The zero-order valence-corrected chi connectivity index (χ0v) is 12.1. The summed E-state index contributed by atoms with van der Waals surface area (Å²) in [5.74, 6) is -0.188. The van der Waals surface area contributed by atoms with Crippen molar-refractivity contribution in [2.75, 3.05) is 6.54 Å². The molecule has 1 atom stereocenters. The van der Waals surface area contributed by atoms with E-state index in [0.717, 1.165) is 29.2 Å². The Balaban J connectivity index is 2.01. The van der Waals surface area contributed by atoms with Crippen molar-refractivity contribution in [2.45, 2.75) is 32.7 Å². The number of nitrogens with zero attached hydrogens (tertiary/aromatic N) is 1. The lowest BCUT2D eigenvalue weighted by Gasteiger charge is -2.09. The molecule has 0 bridgehead atoms. The van der Waals surface area contributed by atoms with Gasteiger partial charge in [-0.3, -0.25) is 0 Å². The van der Waals surface area contributed by atoms with Crippen molar-refractivity contribution in [3.8, 4) is 0 Å². The van der Waals surface area contributed by atoms with E-state index in [1.807, 2.05) is 6.07 Å². The molecule has 2 aromatic rings. The van der Waals surface area contributed by atoms with Gasteiger partial charge >= 0.3 is 0 Å². The second kappa shape index (κ2) is 6.78. The molecule has 0 fully saturated rings. The summed E-state index contributed by atoms with van der Waals surface area (Å²) < 4.78 is 13.1. The molecule has 2 nitrogen and oxygen atoms in total. The molecule has 0 aliphatic rings. The predicted molar refractivity (Wildman–Crippen MR) is 78.0 cm³/mol. The minimum absolute atomic E-state index is 0.188. The molecule has 0 aliphatic carbocycles. The van der Waals surface area contributed by atoms with E-state index in [1.165, 1.54) is 6.07 Å². The number of benzene rings is 1. The topological polar surface area (TPSA) is 24.9 Å². The zero-order chi connectivity index (χ0) is 13.7. The van der Waals surface area contributed by atoms with Gasteiger partial charge in [-0.15, -0.1) is 11.3 Å². The number of rotatable bonds is 6. The van der Waals surface area contributed by atoms with E-state index >= 15 is 0 Å². The minimum Gasteiger partial charge on any atom is -0.309 e. The average Bonchev–Trinajstić information content (AvgIpc) is 2.84. The van der Waals surface area contributed by atoms with Crippen molar-refractivity contribution in [2.24, 2.45) is 0 Å². The van der Waals surface area contributed by atoms with E-state index < -0.39 is 0 Å². The van der Waals surface area contributed by atoms with E-state index in [2.05, 4.69) is 29.5 Å². The normalized spacial score (nSPS) is 12.6. The quantitative estimate of drug-likeness (QED) is 0.866. The molecule has 2 rings (SSSR count). The van der Waals surface area contributed by atoms with Gasteiger partial charge in [0.1, 0.15) is 5.82 Å². The summed E-state index contributed by atoms with van der Waals surface area (Å²) >= 11 is 1.64. The van der Waals surface area contributed by atoms with E-state index in [0.29, 0.717) is 6.42 Å². The van der Waals surface area contributed by atoms with E-state index in [1.54, 1.807) is 23.5 Å². The fraction of sp³-hybridized carbons (Fsp3) is 0.400. The fourth-order valence-corrected chi connectivity index (χ4v) is 2.81. The molecule has 19 heavy (non-hydrogen) atoms. The molecule has 0 amide bonds. The molecular weight excluding hydrogens is 259 g/mol. The third kappa shape index (κ3) is 4.11. The van der Waals surface area contributed by atoms with Gasteiger partial charge in [-0.1, -0.05) is 19.1 Å². The Bertz CT molecular complexity index is 524. The number of hydrogen-bond acceptors (Lipinski definition) is 3. The van der Waals surface area contributed by atoms with Crippen molar-refractivity contribution in [1.29, 1.82) is 0 Å². The second-order valence-electron chi connectivity index (χ2n) is 4.65. The summed E-state index contributed by atoms with van der Waals surface area (Å²) in [6.07, 6.45) is 1.81. The van der Waals surface area contributed by atoms with Crippen LogP contribution < -0.4 is 5.32 Å². The van der Waals surface area contributed by atoms with Crippen LogP contribution in [0, 0.1) is 5.82 Å². The first-order chi connectivity index (χ1) is 9.19. The standard InChI is InChI=1S/C15H19FN2S/c1-3-7-17-11(2)14-10-19-15(18-14)9-12-5-4-6-13(16)8-12/h4-6,8,10-11,17H,3,7,9H2,1-2H3. The Morgan fingerprint density at radius 2 is 2.26 bits per heavy atom. The van der Waals surface area contributed by atoms with Crippen molar-refractivity contribution >= 4 is 11.3 Å². The molecule has 0 aliphatic heterocycles. The smallest absolute Gasteiger partial charge is 0.123 e. The van der Waals surface area contributed by atoms with Crippen LogP contribution in [0.1, 0.15) is 42.6 Å². The molecule has 1 N–H and O–H groups in total. The van der Waals surface area contributed by atoms with Gasteiger partial charge in [-0.25, -0.2) is 9.37 Å². The van der Waals surface area contributed by atoms with Crippen LogP contribution in [-0.2, 0) is 6.42 Å². The molecule has 1 heterocycles. The van der Waals surface area contributed by atoms with Gasteiger partial charge < -0.3 is 5.32 Å². The molecule has 4 heteroatoms. The van der Waals surface area contributed by atoms with Crippen molar-refractivity contribution in [3.05, 3.63) is 51.7 Å². The van der Waals surface area contributed by atoms with Crippen LogP contribution in [0.5, 0.6) is 0 Å². The number of nitrogens with one attached hydrogen (secondary N) is 1. The molecule has 102 valence electrons. The van der Waals surface area contributed by atoms with Crippen LogP contribution in [0.15, 0.2) is 29.6 Å². The number of halogens is 1. The second-order valence-corrected chi connectivity index (χ2v) is 5.59. The summed E-state index contributed by atoms with van der Waals surface area (Å²) in [6.45, 7) is 5.27. The lowest BCUT2D eigenvalue weighted by molar-refractivity contribution is 0.560. The van der Waals surface area contributed by atoms with Crippen LogP contribution in [0.4, 0.5) is 4.39 Å². The first-order valence-electron chi connectivity index (χ1n) is 6.61.